The fourth-order valence-electron chi connectivity index (χ4n) is 7.32. The summed E-state index contributed by atoms with van der Waals surface area (Å²) < 4.78 is 65.8. The Morgan fingerprint density at radius 2 is 1.59 bits per heavy atom. The molecule has 11 nitrogen and oxygen atoms in total. The molecule has 2 aliphatic carbocycles. The number of sulfonamides is 1. The number of ether oxygens (including phenoxy) is 2. The maximum atomic E-state index is 13.7. The third-order valence-corrected chi connectivity index (χ3v) is 15.6. The van der Waals surface area contributed by atoms with Crippen LogP contribution in [0.2, 0.25) is 0 Å². The van der Waals surface area contributed by atoms with Gasteiger partial charge >= 0.3 is 0 Å². The number of hydrogen-bond donors (Lipinski definition) is 4. The lowest BCUT2D eigenvalue weighted by atomic mass is 9.88. The van der Waals surface area contributed by atoms with E-state index in [0.29, 0.717) is 68.5 Å². The molecular weight excluding hydrogens is 691 g/mol. The first kappa shape index (κ1) is 36.5. The summed E-state index contributed by atoms with van der Waals surface area (Å²) >= 11 is 0. The van der Waals surface area contributed by atoms with Crippen LogP contribution in [0.5, 0.6) is 5.75 Å². The number of hydrogen-bond acceptors (Lipinski definition) is 10. The Labute approximate surface area is 301 Å². The van der Waals surface area contributed by atoms with Crippen LogP contribution in [0.4, 0.5) is 0 Å². The fourth-order valence-corrected chi connectivity index (χ4v) is 10.6. The summed E-state index contributed by atoms with van der Waals surface area (Å²) in [5, 5.41) is 27.2. The Morgan fingerprint density at radius 3 is 2.27 bits per heavy atom. The van der Waals surface area contributed by atoms with Crippen molar-refractivity contribution in [3.8, 4) is 16.9 Å². The van der Waals surface area contributed by atoms with E-state index in [-0.39, 0.29) is 24.1 Å². The van der Waals surface area contributed by atoms with Crippen LogP contribution in [0.25, 0.3) is 11.1 Å². The molecule has 4 aliphatic rings. The van der Waals surface area contributed by atoms with Gasteiger partial charge in [0.15, 0.2) is 9.84 Å². The molecular formula is C38H49N3O8S2. The van der Waals surface area contributed by atoms with Crippen LogP contribution in [0, 0.1) is 0 Å². The molecule has 2 unspecified atom stereocenters. The molecule has 2 aliphatic heterocycles. The normalized spacial score (nSPS) is 22.4. The van der Waals surface area contributed by atoms with Crippen molar-refractivity contribution in [1.29, 1.82) is 0 Å². The fraction of sp³-hybridized carbons (Fsp3) is 0.526. The second-order valence-corrected chi connectivity index (χ2v) is 19.0. The minimum absolute atomic E-state index is 0.00144. The summed E-state index contributed by atoms with van der Waals surface area (Å²) in [4.78, 5) is 0.396. The Kier molecular flexibility index (Phi) is 10.6. The summed E-state index contributed by atoms with van der Waals surface area (Å²) in [5.74, 6) is 0.335. The highest BCUT2D eigenvalue weighted by molar-refractivity contribution is 7.93. The molecule has 51 heavy (non-hydrogen) atoms. The largest absolute Gasteiger partial charge is 0.491 e. The highest BCUT2D eigenvalue weighted by Crippen LogP contribution is 2.46. The summed E-state index contributed by atoms with van der Waals surface area (Å²) in [6, 6.07) is 22.3. The SMILES string of the molecule is O=S(=O)(c1cccc(-c2ccc(CNC3CCC3)cc2)c1)N1CCC2(CC1)CC(NCC(O)COc1cccc(S(=O)(=O)C3(CO)CC3)c1)CO2. The molecule has 4 N–H and O–H groups in total. The summed E-state index contributed by atoms with van der Waals surface area (Å²) in [6.07, 6.45) is 5.71. The van der Waals surface area contributed by atoms with Crippen molar-refractivity contribution in [2.75, 3.05) is 39.5 Å². The molecule has 3 aromatic carbocycles. The van der Waals surface area contributed by atoms with Gasteiger partial charge in [0.25, 0.3) is 0 Å². The molecule has 3 aromatic rings. The van der Waals surface area contributed by atoms with E-state index in [9.17, 15) is 27.0 Å². The van der Waals surface area contributed by atoms with Gasteiger partial charge in [-0.1, -0.05) is 48.9 Å². The molecule has 2 atom stereocenters. The molecule has 276 valence electrons. The average Bonchev–Trinajstić information content (AvgIpc) is 3.86. The number of nitrogens with one attached hydrogen (secondary N) is 2. The van der Waals surface area contributed by atoms with E-state index in [0.717, 1.165) is 17.7 Å². The van der Waals surface area contributed by atoms with Gasteiger partial charge in [0.2, 0.25) is 10.0 Å². The molecule has 7 rings (SSSR count). The molecule has 13 heteroatoms. The predicted octanol–water partition coefficient (Wildman–Crippen LogP) is 3.64. The molecule has 0 aromatic heterocycles. The van der Waals surface area contributed by atoms with Gasteiger partial charge in [-0.15, -0.1) is 0 Å². The summed E-state index contributed by atoms with van der Waals surface area (Å²) in [7, 11) is -7.35. The van der Waals surface area contributed by atoms with Gasteiger partial charge in [-0.25, -0.2) is 16.8 Å². The zero-order valence-corrected chi connectivity index (χ0v) is 30.5. The zero-order chi connectivity index (χ0) is 35.7. The molecule has 0 radical (unpaired) electrons. The quantitative estimate of drug-likeness (QED) is 0.182. The standard InChI is InChI=1S/C38H49N3O8S2/c42-27-38(14-15-38)50(44,45)35-8-3-7-34(21-35)48-26-33(43)24-40-32-22-37(49-25-32)16-18-41(19-17-37)51(46,47)36-9-1-4-30(20-36)29-12-10-28(11-13-29)23-39-31-5-2-6-31/h1,3-4,7-13,20-21,31-33,39-40,42-43H,2,5-6,14-19,22-27H2. The summed E-state index contributed by atoms with van der Waals surface area (Å²) in [5.41, 5.74) is 2.65. The van der Waals surface area contributed by atoms with Crippen LogP contribution in [0.3, 0.4) is 0 Å². The second-order valence-electron chi connectivity index (χ2n) is 14.7. The first-order valence-electron chi connectivity index (χ1n) is 18.1. The van der Waals surface area contributed by atoms with E-state index in [1.54, 1.807) is 34.6 Å². The van der Waals surface area contributed by atoms with E-state index in [1.807, 2.05) is 6.07 Å². The molecule has 1 spiro atoms. The number of piperidine rings is 1. The van der Waals surface area contributed by atoms with E-state index >= 15 is 0 Å². The third kappa shape index (κ3) is 7.91. The van der Waals surface area contributed by atoms with Gasteiger partial charge in [-0.3, -0.25) is 0 Å². The number of benzene rings is 3. The van der Waals surface area contributed by atoms with Gasteiger partial charge < -0.3 is 30.3 Å². The van der Waals surface area contributed by atoms with Crippen molar-refractivity contribution in [3.05, 3.63) is 78.4 Å². The lowest BCUT2D eigenvalue weighted by Gasteiger charge is -2.38. The lowest BCUT2D eigenvalue weighted by Crippen LogP contribution is -2.47. The van der Waals surface area contributed by atoms with Crippen LogP contribution >= 0.6 is 0 Å². The van der Waals surface area contributed by atoms with Crippen LogP contribution in [-0.2, 0) is 31.1 Å². The molecule has 2 saturated heterocycles. The minimum atomic E-state index is -3.68. The molecule has 0 amide bonds. The Hall–Kier alpha value is -2.88. The van der Waals surface area contributed by atoms with Gasteiger partial charge in [-0.2, -0.15) is 4.31 Å². The van der Waals surface area contributed by atoms with E-state index in [1.165, 1.54) is 37.0 Å². The predicted molar refractivity (Wildman–Crippen MR) is 194 cm³/mol. The van der Waals surface area contributed by atoms with Gasteiger partial charge in [-0.05, 0) is 92.0 Å². The number of aliphatic hydroxyl groups excluding tert-OH is 2. The van der Waals surface area contributed by atoms with Crippen LogP contribution in [0.1, 0.15) is 56.9 Å². The van der Waals surface area contributed by atoms with E-state index in [4.69, 9.17) is 9.47 Å². The second kappa shape index (κ2) is 14.9. The summed E-state index contributed by atoms with van der Waals surface area (Å²) in [6.45, 7) is 1.86. The van der Waals surface area contributed by atoms with Crippen molar-refractivity contribution in [3.63, 3.8) is 0 Å². The third-order valence-electron chi connectivity index (χ3n) is 11.2. The number of sulfone groups is 1. The number of rotatable bonds is 15. The molecule has 2 heterocycles. The average molecular weight is 740 g/mol. The molecule has 4 fully saturated rings. The molecule has 0 bridgehead atoms. The maximum absolute atomic E-state index is 13.7. The highest BCUT2D eigenvalue weighted by Gasteiger charge is 2.54. The Morgan fingerprint density at radius 1 is 0.863 bits per heavy atom. The van der Waals surface area contributed by atoms with Crippen LogP contribution in [0.15, 0.2) is 82.6 Å². The smallest absolute Gasteiger partial charge is 0.243 e. The zero-order valence-electron chi connectivity index (χ0n) is 28.9. The minimum Gasteiger partial charge on any atom is -0.491 e. The van der Waals surface area contributed by atoms with Gasteiger partial charge in [0.05, 0.1) is 33.4 Å². The van der Waals surface area contributed by atoms with Crippen molar-refractivity contribution >= 4 is 19.9 Å². The number of aliphatic hydroxyl groups is 2. The Bertz CT molecular complexity index is 1890. The van der Waals surface area contributed by atoms with Crippen molar-refractivity contribution in [2.45, 2.75) is 96.2 Å². The van der Waals surface area contributed by atoms with Crippen molar-refractivity contribution in [2.24, 2.45) is 0 Å². The van der Waals surface area contributed by atoms with Crippen LogP contribution in [-0.4, -0.2) is 99.3 Å². The van der Waals surface area contributed by atoms with Gasteiger partial charge in [0.1, 0.15) is 18.5 Å². The van der Waals surface area contributed by atoms with Crippen LogP contribution < -0.4 is 15.4 Å². The maximum Gasteiger partial charge on any atom is 0.243 e. The van der Waals surface area contributed by atoms with Crippen molar-refractivity contribution in [1.82, 2.24) is 14.9 Å². The first-order valence-corrected chi connectivity index (χ1v) is 21.0. The highest BCUT2D eigenvalue weighted by atomic mass is 32.2. The molecule has 2 saturated carbocycles. The van der Waals surface area contributed by atoms with E-state index in [2.05, 4.69) is 34.9 Å². The monoisotopic (exact) mass is 739 g/mol. The topological polar surface area (TPSA) is 154 Å². The lowest BCUT2D eigenvalue weighted by molar-refractivity contribution is -0.0312. The Balaban J connectivity index is 0.870. The first-order chi connectivity index (χ1) is 24.5. The number of nitrogens with zero attached hydrogens (tertiary/aromatic N) is 1. The van der Waals surface area contributed by atoms with E-state index < -0.39 is 42.9 Å². The van der Waals surface area contributed by atoms with Crippen molar-refractivity contribution < 1.29 is 36.5 Å². The van der Waals surface area contributed by atoms with Gasteiger partial charge in [0, 0.05) is 38.3 Å².